The quantitative estimate of drug-likeness (QED) is 0.474. The summed E-state index contributed by atoms with van der Waals surface area (Å²) in [6.07, 6.45) is 4.00. The van der Waals surface area contributed by atoms with E-state index < -0.39 is 5.97 Å². The van der Waals surface area contributed by atoms with Crippen molar-refractivity contribution in [1.82, 2.24) is 9.97 Å². The zero-order valence-corrected chi connectivity index (χ0v) is 16.1. The minimum Gasteiger partial charge on any atom is -0.476 e. The molecule has 7 nitrogen and oxygen atoms in total. The van der Waals surface area contributed by atoms with Gasteiger partial charge in [0.1, 0.15) is 6.26 Å². The van der Waals surface area contributed by atoms with E-state index in [9.17, 15) is 4.79 Å². The molecule has 0 spiro atoms. The number of fused-ring (bicyclic) bond motifs is 2. The lowest BCUT2D eigenvalue weighted by molar-refractivity contribution is 0.0690. The molecule has 2 heterocycles. The molecule has 1 aliphatic rings. The first-order valence-electron chi connectivity index (χ1n) is 9.18. The number of oxazole rings is 1. The lowest BCUT2D eigenvalue weighted by atomic mass is 9.89. The molecule has 4 aromatic rings. The van der Waals surface area contributed by atoms with Gasteiger partial charge in [0.2, 0.25) is 11.0 Å². The topological polar surface area (TPSA) is 101 Å². The number of nitrogens with zero attached hydrogens (tertiary/aromatic N) is 3. The van der Waals surface area contributed by atoms with Gasteiger partial charge in [0.25, 0.3) is 0 Å². The van der Waals surface area contributed by atoms with Crippen LogP contribution in [-0.2, 0) is 6.42 Å². The third-order valence-electron chi connectivity index (χ3n) is 4.83. The minimum absolute atomic E-state index is 0.107. The predicted octanol–water partition coefficient (Wildman–Crippen LogP) is 4.80. The Bertz CT molecular complexity index is 1220. The highest BCUT2D eigenvalue weighted by atomic mass is 32.1. The van der Waals surface area contributed by atoms with Crippen molar-refractivity contribution in [2.45, 2.75) is 19.3 Å². The summed E-state index contributed by atoms with van der Waals surface area (Å²) in [5, 5.41) is 14.4. The second-order valence-electron chi connectivity index (χ2n) is 6.73. The summed E-state index contributed by atoms with van der Waals surface area (Å²) in [6.45, 7) is 0. The molecule has 29 heavy (non-hydrogen) atoms. The van der Waals surface area contributed by atoms with Crippen LogP contribution in [0.4, 0.5) is 5.13 Å². The smallest absolute Gasteiger partial charge is 0.357 e. The highest BCUT2D eigenvalue weighted by Gasteiger charge is 2.19. The fraction of sp³-hybridized carbons (Fsp3) is 0.143. The van der Waals surface area contributed by atoms with Crippen LogP contribution < -0.4 is 5.43 Å². The molecule has 0 aliphatic heterocycles. The first-order valence-corrected chi connectivity index (χ1v) is 10.00. The molecule has 0 saturated carbocycles. The number of aromatic nitrogens is 2. The lowest BCUT2D eigenvalue weighted by Crippen LogP contribution is -2.13. The first-order chi connectivity index (χ1) is 14.2. The molecule has 0 atom stereocenters. The largest absolute Gasteiger partial charge is 0.476 e. The van der Waals surface area contributed by atoms with Crippen molar-refractivity contribution in [2.24, 2.45) is 5.10 Å². The van der Waals surface area contributed by atoms with Crippen LogP contribution in [0.3, 0.4) is 0 Å². The summed E-state index contributed by atoms with van der Waals surface area (Å²) in [5.74, 6) is -0.825. The van der Waals surface area contributed by atoms with Crippen LogP contribution >= 0.6 is 11.3 Å². The van der Waals surface area contributed by atoms with Gasteiger partial charge in [-0.3, -0.25) is 5.43 Å². The SMILES string of the molecule is O=C(O)c1coc(-c2ccc3c(c2)C(=NNc2nc4ccccc4s2)CCC3)n1. The standard InChI is InChI=1S/C21H16N4O3S/c26-20(27)17-11-28-19(22-17)13-9-8-12-4-3-6-15(14(12)10-13)24-25-21-23-16-5-1-2-7-18(16)29-21/h1-2,5,7-11H,3-4,6H2,(H,23,25)(H,26,27). The Balaban J connectivity index is 1.46. The molecule has 2 aromatic carbocycles. The number of thiazole rings is 1. The zero-order chi connectivity index (χ0) is 19.8. The number of carboxylic acid groups (broad SMARTS) is 1. The van der Waals surface area contributed by atoms with Crippen LogP contribution in [-0.4, -0.2) is 26.8 Å². The van der Waals surface area contributed by atoms with Crippen molar-refractivity contribution < 1.29 is 14.3 Å². The summed E-state index contributed by atoms with van der Waals surface area (Å²) in [7, 11) is 0. The van der Waals surface area contributed by atoms with Gasteiger partial charge in [-0.15, -0.1) is 0 Å². The number of hydrogen-bond donors (Lipinski definition) is 2. The maximum absolute atomic E-state index is 11.1. The normalized spacial score (nSPS) is 14.8. The van der Waals surface area contributed by atoms with Gasteiger partial charge in [0.05, 0.1) is 15.9 Å². The van der Waals surface area contributed by atoms with Crippen LogP contribution in [0.1, 0.15) is 34.5 Å². The maximum atomic E-state index is 11.1. The van der Waals surface area contributed by atoms with Crippen LogP contribution in [0.5, 0.6) is 0 Å². The Hall–Kier alpha value is -3.52. The molecule has 0 amide bonds. The average Bonchev–Trinajstić information content (AvgIpc) is 3.39. The number of rotatable bonds is 4. The zero-order valence-electron chi connectivity index (χ0n) is 15.3. The molecule has 0 radical (unpaired) electrons. The van der Waals surface area contributed by atoms with E-state index in [-0.39, 0.29) is 11.6 Å². The van der Waals surface area contributed by atoms with E-state index >= 15 is 0 Å². The molecule has 2 aromatic heterocycles. The summed E-state index contributed by atoms with van der Waals surface area (Å²) in [4.78, 5) is 19.7. The Morgan fingerprint density at radius 2 is 2.07 bits per heavy atom. The van der Waals surface area contributed by atoms with E-state index in [2.05, 4.69) is 20.5 Å². The van der Waals surface area contributed by atoms with Gasteiger partial charge < -0.3 is 9.52 Å². The number of benzene rings is 2. The fourth-order valence-electron chi connectivity index (χ4n) is 3.43. The van der Waals surface area contributed by atoms with E-state index in [1.54, 1.807) is 11.3 Å². The first kappa shape index (κ1) is 17.6. The molecule has 0 saturated heterocycles. The highest BCUT2D eigenvalue weighted by molar-refractivity contribution is 7.22. The average molecular weight is 404 g/mol. The number of anilines is 1. The number of nitrogens with one attached hydrogen (secondary N) is 1. The number of hydrogen-bond acceptors (Lipinski definition) is 7. The van der Waals surface area contributed by atoms with Gasteiger partial charge in [0, 0.05) is 11.1 Å². The maximum Gasteiger partial charge on any atom is 0.357 e. The summed E-state index contributed by atoms with van der Waals surface area (Å²) < 4.78 is 6.46. The van der Waals surface area contributed by atoms with E-state index in [1.165, 1.54) is 5.56 Å². The van der Waals surface area contributed by atoms with E-state index in [1.807, 2.05) is 42.5 Å². The summed E-state index contributed by atoms with van der Waals surface area (Å²) >= 11 is 1.56. The molecular weight excluding hydrogens is 388 g/mol. The van der Waals surface area contributed by atoms with Crippen molar-refractivity contribution in [1.29, 1.82) is 0 Å². The van der Waals surface area contributed by atoms with Gasteiger partial charge in [-0.25, -0.2) is 14.8 Å². The van der Waals surface area contributed by atoms with Crippen molar-refractivity contribution in [3.8, 4) is 11.5 Å². The Kier molecular flexibility index (Phi) is 4.33. The molecule has 8 heteroatoms. The molecular formula is C21H16N4O3S. The number of aryl methyl sites for hydroxylation is 1. The van der Waals surface area contributed by atoms with Crippen LogP contribution in [0.25, 0.3) is 21.7 Å². The van der Waals surface area contributed by atoms with Crippen molar-refractivity contribution in [3.05, 3.63) is 65.5 Å². The second-order valence-corrected chi connectivity index (χ2v) is 7.76. The molecule has 1 aliphatic carbocycles. The van der Waals surface area contributed by atoms with Crippen molar-refractivity contribution >= 4 is 38.4 Å². The van der Waals surface area contributed by atoms with Gasteiger partial charge >= 0.3 is 5.97 Å². The third-order valence-corrected chi connectivity index (χ3v) is 5.77. The van der Waals surface area contributed by atoms with Gasteiger partial charge in [0.15, 0.2) is 5.69 Å². The van der Waals surface area contributed by atoms with Crippen molar-refractivity contribution in [2.75, 3.05) is 5.43 Å². The second kappa shape index (κ2) is 7.14. The fourth-order valence-corrected chi connectivity index (χ4v) is 4.24. The molecule has 2 N–H and O–H groups in total. The van der Waals surface area contributed by atoms with Gasteiger partial charge in [-0.1, -0.05) is 29.5 Å². The van der Waals surface area contributed by atoms with E-state index in [4.69, 9.17) is 9.52 Å². The number of hydrazone groups is 1. The Morgan fingerprint density at radius 3 is 2.90 bits per heavy atom. The number of aromatic carboxylic acids is 1. The van der Waals surface area contributed by atoms with Gasteiger partial charge in [-0.05, 0) is 49.1 Å². The van der Waals surface area contributed by atoms with Crippen LogP contribution in [0.15, 0.2) is 58.2 Å². The van der Waals surface area contributed by atoms with Gasteiger partial charge in [-0.2, -0.15) is 5.10 Å². The summed E-state index contributed by atoms with van der Waals surface area (Å²) in [5.41, 5.74) is 7.84. The number of carbonyl (C=O) groups is 1. The van der Waals surface area contributed by atoms with Crippen molar-refractivity contribution in [3.63, 3.8) is 0 Å². The Labute approximate surface area is 169 Å². The van der Waals surface area contributed by atoms with E-state index in [0.717, 1.165) is 57.7 Å². The summed E-state index contributed by atoms with van der Waals surface area (Å²) in [6, 6.07) is 13.9. The lowest BCUT2D eigenvalue weighted by Gasteiger charge is -2.18. The monoisotopic (exact) mass is 404 g/mol. The molecule has 5 rings (SSSR count). The molecule has 0 unspecified atom stereocenters. The predicted molar refractivity (Wildman–Crippen MR) is 112 cm³/mol. The Morgan fingerprint density at radius 1 is 1.17 bits per heavy atom. The molecule has 0 fully saturated rings. The molecule has 0 bridgehead atoms. The van der Waals surface area contributed by atoms with Crippen LogP contribution in [0.2, 0.25) is 0 Å². The third kappa shape index (κ3) is 3.38. The molecule has 144 valence electrons. The highest BCUT2D eigenvalue weighted by Crippen LogP contribution is 2.29. The minimum atomic E-state index is -1.11. The number of para-hydroxylation sites is 1. The number of carboxylic acids is 1. The van der Waals surface area contributed by atoms with Crippen LogP contribution in [0, 0.1) is 0 Å². The van der Waals surface area contributed by atoms with E-state index in [0.29, 0.717) is 0 Å².